The van der Waals surface area contributed by atoms with Gasteiger partial charge >= 0.3 is 0 Å². The van der Waals surface area contributed by atoms with E-state index < -0.39 is 0 Å². The Morgan fingerprint density at radius 1 is 1.06 bits per heavy atom. The number of amides is 1. The average molecular weight is 452 g/mol. The molecule has 4 rings (SSSR count). The summed E-state index contributed by atoms with van der Waals surface area (Å²) in [6.07, 6.45) is 0. The molecule has 7 nitrogen and oxygen atoms in total. The number of anilines is 1. The number of carbonyl (C=O) groups excluding carboxylic acids is 1. The van der Waals surface area contributed by atoms with E-state index in [1.807, 2.05) is 37.3 Å². The van der Waals surface area contributed by atoms with Crippen LogP contribution < -0.4 is 15.4 Å². The van der Waals surface area contributed by atoms with Crippen LogP contribution in [-0.4, -0.2) is 33.1 Å². The third-order valence-electron chi connectivity index (χ3n) is 4.58. The third-order valence-corrected chi connectivity index (χ3v) is 5.04. The molecule has 0 unspecified atom stereocenters. The summed E-state index contributed by atoms with van der Waals surface area (Å²) in [6, 6.07) is 18.0. The van der Waals surface area contributed by atoms with Gasteiger partial charge in [0, 0.05) is 10.7 Å². The van der Waals surface area contributed by atoms with Crippen LogP contribution in [0.1, 0.15) is 15.9 Å². The van der Waals surface area contributed by atoms with Crippen molar-refractivity contribution in [2.45, 2.75) is 6.92 Å². The van der Waals surface area contributed by atoms with Gasteiger partial charge in [-0.05, 0) is 73.2 Å². The van der Waals surface area contributed by atoms with Crippen molar-refractivity contribution < 1.29 is 9.53 Å². The van der Waals surface area contributed by atoms with Crippen LogP contribution in [0.4, 0.5) is 5.69 Å². The maximum absolute atomic E-state index is 12.6. The van der Waals surface area contributed by atoms with Gasteiger partial charge in [0.2, 0.25) is 0 Å². The molecular weight excluding hydrogens is 434 g/mol. The van der Waals surface area contributed by atoms with Gasteiger partial charge in [-0.25, -0.2) is 0 Å². The molecule has 2 N–H and O–H groups in total. The number of fused-ring (bicyclic) bond motifs is 1. The van der Waals surface area contributed by atoms with E-state index in [-0.39, 0.29) is 11.0 Å². The first-order chi connectivity index (χ1) is 14.9. The number of benzene rings is 3. The maximum atomic E-state index is 12.6. The van der Waals surface area contributed by atoms with Gasteiger partial charge in [-0.15, -0.1) is 10.2 Å². The Bertz CT molecular complexity index is 1290. The predicted molar refractivity (Wildman–Crippen MR) is 125 cm³/mol. The zero-order valence-corrected chi connectivity index (χ0v) is 18.3. The van der Waals surface area contributed by atoms with Gasteiger partial charge in [0.15, 0.2) is 5.11 Å². The van der Waals surface area contributed by atoms with Crippen LogP contribution in [0.2, 0.25) is 5.02 Å². The number of methoxy groups -OCH3 is 1. The number of hydrogen-bond donors (Lipinski definition) is 2. The molecule has 0 atom stereocenters. The lowest BCUT2D eigenvalue weighted by atomic mass is 10.1. The van der Waals surface area contributed by atoms with E-state index in [0.717, 1.165) is 16.8 Å². The number of hydrogen-bond acceptors (Lipinski definition) is 5. The first-order valence-electron chi connectivity index (χ1n) is 9.33. The van der Waals surface area contributed by atoms with Crippen molar-refractivity contribution in [3.05, 3.63) is 76.8 Å². The molecule has 1 amide bonds. The van der Waals surface area contributed by atoms with Gasteiger partial charge in [-0.3, -0.25) is 10.1 Å². The molecule has 9 heteroatoms. The van der Waals surface area contributed by atoms with Crippen molar-refractivity contribution in [1.82, 2.24) is 20.3 Å². The smallest absolute Gasteiger partial charge is 0.261 e. The van der Waals surface area contributed by atoms with Gasteiger partial charge in [-0.1, -0.05) is 23.7 Å². The fraction of sp³-hybridized carbons (Fsp3) is 0.0909. The number of aromatic nitrogens is 3. The van der Waals surface area contributed by atoms with Gasteiger partial charge in [0.25, 0.3) is 5.91 Å². The van der Waals surface area contributed by atoms with Crippen molar-refractivity contribution >= 4 is 51.6 Å². The van der Waals surface area contributed by atoms with E-state index in [0.29, 0.717) is 27.5 Å². The molecule has 0 radical (unpaired) electrons. The highest BCUT2D eigenvalue weighted by Crippen LogP contribution is 2.23. The Hall–Kier alpha value is -3.49. The first kappa shape index (κ1) is 20.8. The molecule has 156 valence electrons. The summed E-state index contributed by atoms with van der Waals surface area (Å²) in [6.45, 7) is 1.87. The third kappa shape index (κ3) is 4.50. The summed E-state index contributed by atoms with van der Waals surface area (Å²) in [5, 5.41) is 15.5. The molecule has 1 aromatic heterocycles. The maximum Gasteiger partial charge on any atom is 0.261 e. The minimum Gasteiger partial charge on any atom is -0.496 e. The molecule has 0 aliphatic rings. The highest BCUT2D eigenvalue weighted by Gasteiger charge is 2.15. The number of para-hydroxylation sites is 1. The van der Waals surface area contributed by atoms with E-state index >= 15 is 0 Å². The minimum absolute atomic E-state index is 0.165. The van der Waals surface area contributed by atoms with Crippen LogP contribution in [0.15, 0.2) is 60.7 Å². The molecular formula is C22H18ClN5O2S. The average Bonchev–Trinajstić information content (AvgIpc) is 3.17. The van der Waals surface area contributed by atoms with Gasteiger partial charge in [0.05, 0.1) is 18.4 Å². The largest absolute Gasteiger partial charge is 0.496 e. The summed E-state index contributed by atoms with van der Waals surface area (Å²) in [7, 11) is 1.53. The lowest BCUT2D eigenvalue weighted by molar-refractivity contribution is 0.0974. The predicted octanol–water partition coefficient (Wildman–Crippen LogP) is 4.52. The Morgan fingerprint density at radius 3 is 2.55 bits per heavy atom. The SMILES string of the molecule is COc1c(C)cccc1C(=O)NC(=S)Nc1ccc2nn(-c3ccc(Cl)cc3)nc2c1. The summed E-state index contributed by atoms with van der Waals surface area (Å²) < 4.78 is 5.34. The van der Waals surface area contributed by atoms with Crippen LogP contribution in [0.25, 0.3) is 16.7 Å². The zero-order valence-electron chi connectivity index (χ0n) is 16.7. The number of ether oxygens (including phenoxy) is 1. The van der Waals surface area contributed by atoms with Crippen molar-refractivity contribution in [2.24, 2.45) is 0 Å². The monoisotopic (exact) mass is 451 g/mol. The molecule has 0 aliphatic heterocycles. The van der Waals surface area contributed by atoms with Crippen LogP contribution in [0.5, 0.6) is 5.75 Å². The fourth-order valence-corrected chi connectivity index (χ4v) is 3.45. The van der Waals surface area contributed by atoms with E-state index in [4.69, 9.17) is 28.6 Å². The van der Waals surface area contributed by atoms with Crippen molar-refractivity contribution in [2.75, 3.05) is 12.4 Å². The molecule has 1 heterocycles. The van der Waals surface area contributed by atoms with E-state index in [1.165, 1.54) is 11.9 Å². The fourth-order valence-electron chi connectivity index (χ4n) is 3.12. The molecule has 0 aliphatic carbocycles. The van der Waals surface area contributed by atoms with Crippen molar-refractivity contribution in [3.8, 4) is 11.4 Å². The molecule has 0 saturated carbocycles. The number of carbonyl (C=O) groups is 1. The Balaban J connectivity index is 1.49. The normalized spacial score (nSPS) is 10.7. The van der Waals surface area contributed by atoms with Crippen molar-refractivity contribution in [1.29, 1.82) is 0 Å². The standard InChI is InChI=1S/C22H18ClN5O2S/c1-13-4-3-5-17(20(13)30-2)21(29)25-22(31)24-15-8-11-18-19(12-15)27-28(26-18)16-9-6-14(23)7-10-16/h3-12H,1-2H3,(H2,24,25,29,31). The molecule has 0 bridgehead atoms. The number of halogens is 1. The van der Waals surface area contributed by atoms with E-state index in [1.54, 1.807) is 30.3 Å². The summed E-state index contributed by atoms with van der Waals surface area (Å²) in [4.78, 5) is 14.2. The van der Waals surface area contributed by atoms with Gasteiger partial charge in [-0.2, -0.15) is 4.80 Å². The number of nitrogens with zero attached hydrogens (tertiary/aromatic N) is 3. The van der Waals surface area contributed by atoms with Gasteiger partial charge < -0.3 is 10.1 Å². The van der Waals surface area contributed by atoms with Gasteiger partial charge in [0.1, 0.15) is 16.8 Å². The van der Waals surface area contributed by atoms with Crippen molar-refractivity contribution in [3.63, 3.8) is 0 Å². The highest BCUT2D eigenvalue weighted by atomic mass is 35.5. The molecule has 0 fully saturated rings. The Labute approximate surface area is 189 Å². The summed E-state index contributed by atoms with van der Waals surface area (Å²) >= 11 is 11.2. The summed E-state index contributed by atoms with van der Waals surface area (Å²) in [5.41, 5.74) is 4.15. The molecule has 4 aromatic rings. The first-order valence-corrected chi connectivity index (χ1v) is 10.1. The molecule has 0 saturated heterocycles. The quantitative estimate of drug-likeness (QED) is 0.444. The second kappa shape index (κ2) is 8.71. The molecule has 0 spiro atoms. The lowest BCUT2D eigenvalue weighted by Crippen LogP contribution is -2.34. The number of rotatable bonds is 4. The van der Waals surface area contributed by atoms with Crippen LogP contribution in [0, 0.1) is 6.92 Å². The molecule has 3 aromatic carbocycles. The minimum atomic E-state index is -0.354. The second-order valence-electron chi connectivity index (χ2n) is 6.73. The van der Waals surface area contributed by atoms with Crippen LogP contribution in [-0.2, 0) is 0 Å². The highest BCUT2D eigenvalue weighted by molar-refractivity contribution is 7.80. The molecule has 31 heavy (non-hydrogen) atoms. The summed E-state index contributed by atoms with van der Waals surface area (Å²) in [5.74, 6) is 0.163. The number of aryl methyl sites for hydroxylation is 1. The van der Waals surface area contributed by atoms with Crippen LogP contribution >= 0.6 is 23.8 Å². The van der Waals surface area contributed by atoms with E-state index in [2.05, 4.69) is 20.8 Å². The zero-order chi connectivity index (χ0) is 22.0. The Kier molecular flexibility index (Phi) is 5.83. The Morgan fingerprint density at radius 2 is 1.81 bits per heavy atom. The number of nitrogens with one attached hydrogen (secondary N) is 2. The number of thiocarbonyl (C=S) groups is 1. The second-order valence-corrected chi connectivity index (χ2v) is 7.58. The topological polar surface area (TPSA) is 81.1 Å². The lowest BCUT2D eigenvalue weighted by Gasteiger charge is -2.13. The van der Waals surface area contributed by atoms with E-state index in [9.17, 15) is 4.79 Å². The van der Waals surface area contributed by atoms with Crippen LogP contribution in [0.3, 0.4) is 0 Å².